The molecule has 2 aromatic heterocycles. The summed E-state index contributed by atoms with van der Waals surface area (Å²) in [6.45, 7) is 11.5. The number of amides is 1. The van der Waals surface area contributed by atoms with Crippen LogP contribution < -0.4 is 0 Å². The number of aromatic nitrogens is 3. The zero-order chi connectivity index (χ0) is 25.3. The molecule has 1 amide bonds. The van der Waals surface area contributed by atoms with Gasteiger partial charge in [-0.1, -0.05) is 88.4 Å². The first-order valence-electron chi connectivity index (χ1n) is 12.9. The van der Waals surface area contributed by atoms with Gasteiger partial charge in [-0.15, -0.1) is 0 Å². The first kappa shape index (κ1) is 24.2. The predicted molar refractivity (Wildman–Crippen MR) is 143 cm³/mol. The van der Waals surface area contributed by atoms with Crippen molar-refractivity contribution < 1.29 is 4.79 Å². The number of piperazine rings is 1. The van der Waals surface area contributed by atoms with Crippen molar-refractivity contribution >= 4 is 11.6 Å². The highest BCUT2D eigenvalue weighted by Crippen LogP contribution is 2.30. The van der Waals surface area contributed by atoms with E-state index in [1.807, 2.05) is 15.5 Å². The van der Waals surface area contributed by atoms with E-state index in [1.165, 1.54) is 11.1 Å². The molecule has 0 atom stereocenters. The summed E-state index contributed by atoms with van der Waals surface area (Å²) in [5.74, 6) is 0.0460. The van der Waals surface area contributed by atoms with E-state index in [4.69, 9.17) is 5.10 Å². The van der Waals surface area contributed by atoms with Gasteiger partial charge < -0.3 is 4.90 Å². The first-order valence-corrected chi connectivity index (χ1v) is 12.9. The minimum Gasteiger partial charge on any atom is -0.336 e. The maximum Gasteiger partial charge on any atom is 0.257 e. The minimum absolute atomic E-state index is 0.0460. The normalized spacial score (nSPS) is 15.1. The van der Waals surface area contributed by atoms with Crippen molar-refractivity contribution in [1.29, 1.82) is 0 Å². The summed E-state index contributed by atoms with van der Waals surface area (Å²) in [5, 5.41) is 4.82. The Morgan fingerprint density at radius 2 is 1.50 bits per heavy atom. The van der Waals surface area contributed by atoms with E-state index in [9.17, 15) is 4.79 Å². The molecule has 0 bridgehead atoms. The SMILES string of the molecule is CCc1c(C(=O)N2CCN(C(c3ccccc3)c3ccccc3)CC2)cnc2cc(C(C)(C)C)nn12. The van der Waals surface area contributed by atoms with E-state index in [0.717, 1.165) is 36.5 Å². The molecule has 5 rings (SSSR count). The van der Waals surface area contributed by atoms with Gasteiger partial charge in [-0.25, -0.2) is 9.50 Å². The Morgan fingerprint density at radius 3 is 2.03 bits per heavy atom. The maximum absolute atomic E-state index is 13.7. The second-order valence-electron chi connectivity index (χ2n) is 10.6. The molecule has 1 fully saturated rings. The van der Waals surface area contributed by atoms with Gasteiger partial charge in [0.2, 0.25) is 0 Å². The fourth-order valence-corrected chi connectivity index (χ4v) is 5.10. The molecule has 1 saturated heterocycles. The number of carbonyl (C=O) groups excluding carboxylic acids is 1. The minimum atomic E-state index is -0.0761. The van der Waals surface area contributed by atoms with Crippen LogP contribution in [-0.2, 0) is 11.8 Å². The van der Waals surface area contributed by atoms with Gasteiger partial charge in [0.25, 0.3) is 5.91 Å². The topological polar surface area (TPSA) is 53.7 Å². The smallest absolute Gasteiger partial charge is 0.257 e. The van der Waals surface area contributed by atoms with Crippen LogP contribution in [0, 0.1) is 0 Å². The first-order chi connectivity index (χ1) is 17.4. The lowest BCUT2D eigenvalue weighted by Gasteiger charge is -2.40. The molecule has 0 aliphatic carbocycles. The van der Waals surface area contributed by atoms with Crippen LogP contribution in [0.15, 0.2) is 72.9 Å². The van der Waals surface area contributed by atoms with Crippen molar-refractivity contribution in [3.05, 3.63) is 101 Å². The molecule has 0 N–H and O–H groups in total. The number of aryl methyl sites for hydroxylation is 1. The second kappa shape index (κ2) is 9.86. The Kier molecular flexibility index (Phi) is 6.63. The fourth-order valence-electron chi connectivity index (χ4n) is 5.10. The van der Waals surface area contributed by atoms with Gasteiger partial charge in [-0.05, 0) is 17.5 Å². The van der Waals surface area contributed by atoms with Crippen molar-refractivity contribution in [2.75, 3.05) is 26.2 Å². The molecule has 0 radical (unpaired) electrons. The lowest BCUT2D eigenvalue weighted by atomic mass is 9.93. The second-order valence-corrected chi connectivity index (χ2v) is 10.6. The van der Waals surface area contributed by atoms with Crippen molar-refractivity contribution in [2.24, 2.45) is 0 Å². The number of hydrogen-bond donors (Lipinski definition) is 0. The summed E-state index contributed by atoms with van der Waals surface area (Å²) in [4.78, 5) is 22.7. The number of nitrogens with zero attached hydrogens (tertiary/aromatic N) is 5. The summed E-state index contributed by atoms with van der Waals surface area (Å²) < 4.78 is 1.87. The Morgan fingerprint density at radius 1 is 0.917 bits per heavy atom. The molecule has 1 aliphatic rings. The van der Waals surface area contributed by atoms with Gasteiger partial charge >= 0.3 is 0 Å². The molecule has 0 saturated carbocycles. The maximum atomic E-state index is 13.7. The van der Waals surface area contributed by atoms with E-state index in [2.05, 4.69) is 98.2 Å². The monoisotopic (exact) mass is 481 g/mol. The van der Waals surface area contributed by atoms with Gasteiger partial charge in [0.1, 0.15) is 0 Å². The number of carbonyl (C=O) groups is 1. The average Bonchev–Trinajstić information content (AvgIpc) is 3.35. The van der Waals surface area contributed by atoms with Crippen LogP contribution in [0.1, 0.15) is 66.6 Å². The van der Waals surface area contributed by atoms with Crippen LogP contribution >= 0.6 is 0 Å². The van der Waals surface area contributed by atoms with Crippen LogP contribution in [0.4, 0.5) is 0 Å². The third kappa shape index (κ3) is 4.65. The van der Waals surface area contributed by atoms with Gasteiger partial charge in [0, 0.05) is 43.9 Å². The highest BCUT2D eigenvalue weighted by Gasteiger charge is 2.30. The Balaban J connectivity index is 1.38. The molecule has 36 heavy (non-hydrogen) atoms. The zero-order valence-corrected chi connectivity index (χ0v) is 21.7. The number of benzene rings is 2. The Hall–Kier alpha value is -3.51. The molecule has 6 nitrogen and oxygen atoms in total. The van der Waals surface area contributed by atoms with Crippen LogP contribution in [0.5, 0.6) is 0 Å². The Labute approximate surface area is 213 Å². The third-order valence-corrected chi connectivity index (χ3v) is 7.11. The average molecular weight is 482 g/mol. The van der Waals surface area contributed by atoms with Crippen LogP contribution in [0.2, 0.25) is 0 Å². The molecule has 4 aromatic rings. The predicted octanol–water partition coefficient (Wildman–Crippen LogP) is 5.14. The van der Waals surface area contributed by atoms with Crippen molar-refractivity contribution in [3.8, 4) is 0 Å². The summed E-state index contributed by atoms with van der Waals surface area (Å²) in [5.41, 5.74) is 5.84. The standard InChI is InChI=1S/C30H35N5O/c1-5-25-24(21-31-27-20-26(30(2,3)4)32-35(25)27)29(36)34-18-16-33(17-19-34)28(22-12-8-6-9-13-22)23-14-10-7-11-15-23/h6-15,20-21,28H,5,16-19H2,1-4H3. The van der Waals surface area contributed by atoms with Crippen molar-refractivity contribution in [1.82, 2.24) is 24.4 Å². The number of hydrogen-bond acceptors (Lipinski definition) is 4. The van der Waals surface area contributed by atoms with Gasteiger partial charge in [0.15, 0.2) is 5.65 Å². The van der Waals surface area contributed by atoms with Gasteiger partial charge in [0.05, 0.1) is 23.0 Å². The quantitative estimate of drug-likeness (QED) is 0.396. The molecular formula is C30H35N5O. The summed E-state index contributed by atoms with van der Waals surface area (Å²) >= 11 is 0. The molecule has 2 aromatic carbocycles. The van der Waals surface area contributed by atoms with E-state index in [0.29, 0.717) is 18.7 Å². The summed E-state index contributed by atoms with van der Waals surface area (Å²) in [6.07, 6.45) is 2.46. The largest absolute Gasteiger partial charge is 0.336 e. The van der Waals surface area contributed by atoms with Crippen molar-refractivity contribution in [3.63, 3.8) is 0 Å². The van der Waals surface area contributed by atoms with E-state index < -0.39 is 0 Å². The summed E-state index contributed by atoms with van der Waals surface area (Å²) in [7, 11) is 0. The zero-order valence-electron chi connectivity index (χ0n) is 21.7. The molecule has 6 heteroatoms. The molecule has 186 valence electrons. The van der Waals surface area contributed by atoms with Crippen molar-refractivity contribution in [2.45, 2.75) is 45.6 Å². The Bertz CT molecular complexity index is 1290. The highest BCUT2D eigenvalue weighted by atomic mass is 16.2. The lowest BCUT2D eigenvalue weighted by molar-refractivity contribution is 0.0595. The lowest BCUT2D eigenvalue weighted by Crippen LogP contribution is -2.50. The molecular weight excluding hydrogens is 446 g/mol. The van der Waals surface area contributed by atoms with Crippen LogP contribution in [0.3, 0.4) is 0 Å². The molecule has 3 heterocycles. The summed E-state index contributed by atoms with van der Waals surface area (Å²) in [6, 6.07) is 23.5. The van der Waals surface area contributed by atoms with E-state index in [1.54, 1.807) is 6.20 Å². The van der Waals surface area contributed by atoms with E-state index in [-0.39, 0.29) is 17.4 Å². The number of fused-ring (bicyclic) bond motifs is 1. The van der Waals surface area contributed by atoms with Crippen LogP contribution in [0.25, 0.3) is 5.65 Å². The molecule has 0 unspecified atom stereocenters. The van der Waals surface area contributed by atoms with Gasteiger partial charge in [-0.2, -0.15) is 5.10 Å². The highest BCUT2D eigenvalue weighted by molar-refractivity contribution is 5.95. The molecule has 1 aliphatic heterocycles. The molecule has 0 spiro atoms. The third-order valence-electron chi connectivity index (χ3n) is 7.11. The fraction of sp³-hybridized carbons (Fsp3) is 0.367. The van der Waals surface area contributed by atoms with E-state index >= 15 is 0 Å². The van der Waals surface area contributed by atoms with Crippen LogP contribution in [-0.4, -0.2) is 56.5 Å². The number of rotatable bonds is 5. The van der Waals surface area contributed by atoms with Gasteiger partial charge in [-0.3, -0.25) is 9.69 Å².